The maximum atomic E-state index is 15.0. The van der Waals surface area contributed by atoms with E-state index in [4.69, 9.17) is 4.74 Å². The summed E-state index contributed by atoms with van der Waals surface area (Å²) in [7, 11) is 3.99. The molecule has 0 fully saturated rings. The smallest absolute Gasteiger partial charge is 0.164 e. The Morgan fingerprint density at radius 1 is 1.03 bits per heavy atom. The highest BCUT2D eigenvalue weighted by Gasteiger charge is 2.19. The molecule has 0 aliphatic rings. The number of nitrogens with zero attached hydrogens (tertiary/aromatic N) is 6. The van der Waals surface area contributed by atoms with Crippen molar-refractivity contribution in [3.8, 4) is 17.1 Å². The Morgan fingerprint density at radius 3 is 2.58 bits per heavy atom. The third kappa shape index (κ3) is 5.14. The van der Waals surface area contributed by atoms with Crippen molar-refractivity contribution >= 4 is 11.2 Å². The average Bonchev–Trinajstić information content (AvgIpc) is 3.11. The summed E-state index contributed by atoms with van der Waals surface area (Å²) in [6.45, 7) is 5.19. The van der Waals surface area contributed by atoms with Gasteiger partial charge in [-0.15, -0.1) is 0 Å². The second-order valence-corrected chi connectivity index (χ2v) is 8.20. The van der Waals surface area contributed by atoms with E-state index in [1.165, 1.54) is 18.3 Å². The Labute approximate surface area is 191 Å². The Kier molecular flexibility index (Phi) is 6.60. The summed E-state index contributed by atoms with van der Waals surface area (Å²) in [6, 6.07) is 6.18. The molecule has 0 bridgehead atoms. The van der Waals surface area contributed by atoms with Crippen molar-refractivity contribution in [2.45, 2.75) is 26.8 Å². The van der Waals surface area contributed by atoms with Gasteiger partial charge in [-0.2, -0.15) is 0 Å². The maximum Gasteiger partial charge on any atom is 0.164 e. The monoisotopic (exact) mass is 452 g/mol. The molecule has 9 heteroatoms. The third-order valence-corrected chi connectivity index (χ3v) is 5.22. The zero-order valence-corrected chi connectivity index (χ0v) is 19.1. The number of fused-ring (bicyclic) bond motifs is 1. The second kappa shape index (κ2) is 9.58. The summed E-state index contributed by atoms with van der Waals surface area (Å²) in [5.74, 6) is 0.629. The van der Waals surface area contributed by atoms with Crippen LogP contribution in [0.1, 0.15) is 23.5 Å². The minimum atomic E-state index is -0.480. The highest BCUT2D eigenvalue weighted by atomic mass is 19.1. The van der Waals surface area contributed by atoms with Crippen LogP contribution < -0.4 is 4.74 Å². The molecule has 3 aromatic heterocycles. The van der Waals surface area contributed by atoms with Gasteiger partial charge in [0.05, 0.1) is 25.0 Å². The van der Waals surface area contributed by atoms with Gasteiger partial charge in [-0.3, -0.25) is 4.98 Å². The molecule has 7 nitrogen and oxygen atoms in total. The Bertz CT molecular complexity index is 1290. The summed E-state index contributed by atoms with van der Waals surface area (Å²) in [6.07, 6.45) is 3.50. The van der Waals surface area contributed by atoms with E-state index in [9.17, 15) is 4.39 Å². The Morgan fingerprint density at radius 2 is 1.85 bits per heavy atom. The number of benzene rings is 1. The molecular weight excluding hydrogens is 426 g/mol. The summed E-state index contributed by atoms with van der Waals surface area (Å²) in [5.41, 5.74) is 2.76. The minimum Gasteiger partial charge on any atom is -0.493 e. The van der Waals surface area contributed by atoms with Crippen molar-refractivity contribution in [3.63, 3.8) is 0 Å². The van der Waals surface area contributed by atoms with E-state index in [1.807, 2.05) is 21.0 Å². The highest BCUT2D eigenvalue weighted by molar-refractivity contribution is 5.79. The van der Waals surface area contributed by atoms with Crippen molar-refractivity contribution in [1.82, 2.24) is 29.4 Å². The lowest BCUT2D eigenvalue weighted by Gasteiger charge is -2.13. The molecule has 33 heavy (non-hydrogen) atoms. The van der Waals surface area contributed by atoms with E-state index in [1.54, 1.807) is 23.6 Å². The molecule has 3 heterocycles. The molecule has 4 rings (SSSR count). The van der Waals surface area contributed by atoms with Crippen LogP contribution in [0.2, 0.25) is 0 Å². The summed E-state index contributed by atoms with van der Waals surface area (Å²) < 4.78 is 36.3. The standard InChI is InChI=1S/C24H26F2N6O/c1-15-22-24(29-16(2)28-15)32(23(30-22)18-10-19(25)13-27-12-18)14-17-6-7-20(11-21(17)26)33-9-5-8-31(3)4/h6-7,10-13H,5,8-9,14H2,1-4H3. The number of imidazole rings is 1. The van der Waals surface area contributed by atoms with Gasteiger partial charge in [0.25, 0.3) is 0 Å². The Hall–Kier alpha value is -3.46. The first kappa shape index (κ1) is 22.7. The van der Waals surface area contributed by atoms with Crippen LogP contribution in [-0.2, 0) is 6.54 Å². The normalized spacial score (nSPS) is 11.5. The lowest BCUT2D eigenvalue weighted by molar-refractivity contribution is 0.280. The van der Waals surface area contributed by atoms with E-state index in [0.717, 1.165) is 19.2 Å². The number of aryl methyl sites for hydroxylation is 2. The minimum absolute atomic E-state index is 0.158. The fourth-order valence-corrected chi connectivity index (χ4v) is 3.67. The predicted octanol–water partition coefficient (Wildman–Crippen LogP) is 4.16. The van der Waals surface area contributed by atoms with E-state index < -0.39 is 11.6 Å². The van der Waals surface area contributed by atoms with Crippen molar-refractivity contribution in [1.29, 1.82) is 0 Å². The number of pyridine rings is 1. The molecule has 0 atom stereocenters. The molecule has 0 spiro atoms. The first-order valence-corrected chi connectivity index (χ1v) is 10.7. The maximum absolute atomic E-state index is 15.0. The fourth-order valence-electron chi connectivity index (χ4n) is 3.67. The van der Waals surface area contributed by atoms with Crippen LogP contribution in [0, 0.1) is 25.5 Å². The van der Waals surface area contributed by atoms with Gasteiger partial charge in [0.2, 0.25) is 0 Å². The molecule has 0 unspecified atom stereocenters. The van der Waals surface area contributed by atoms with E-state index in [0.29, 0.717) is 52.0 Å². The van der Waals surface area contributed by atoms with Crippen LogP contribution in [-0.4, -0.2) is 56.6 Å². The van der Waals surface area contributed by atoms with Gasteiger partial charge < -0.3 is 14.2 Å². The molecule has 172 valence electrons. The summed E-state index contributed by atoms with van der Waals surface area (Å²) >= 11 is 0. The van der Waals surface area contributed by atoms with Crippen molar-refractivity contribution < 1.29 is 13.5 Å². The van der Waals surface area contributed by atoms with Crippen LogP contribution >= 0.6 is 0 Å². The van der Waals surface area contributed by atoms with Crippen LogP contribution in [0.15, 0.2) is 36.7 Å². The molecule has 0 saturated heterocycles. The van der Waals surface area contributed by atoms with Gasteiger partial charge in [0, 0.05) is 29.9 Å². The van der Waals surface area contributed by atoms with Gasteiger partial charge in [-0.05, 0) is 46.5 Å². The first-order valence-electron chi connectivity index (χ1n) is 10.7. The van der Waals surface area contributed by atoms with Crippen LogP contribution in [0.4, 0.5) is 8.78 Å². The average molecular weight is 453 g/mol. The fraction of sp³-hybridized carbons (Fsp3) is 0.333. The van der Waals surface area contributed by atoms with Gasteiger partial charge in [-0.25, -0.2) is 23.7 Å². The van der Waals surface area contributed by atoms with Crippen LogP contribution in [0.5, 0.6) is 5.75 Å². The number of halogens is 2. The molecule has 4 aromatic rings. The van der Waals surface area contributed by atoms with Gasteiger partial charge in [-0.1, -0.05) is 6.07 Å². The third-order valence-electron chi connectivity index (χ3n) is 5.22. The van der Waals surface area contributed by atoms with E-state index in [-0.39, 0.29) is 6.54 Å². The van der Waals surface area contributed by atoms with Gasteiger partial charge in [0.15, 0.2) is 5.65 Å². The Balaban J connectivity index is 1.69. The van der Waals surface area contributed by atoms with Gasteiger partial charge >= 0.3 is 0 Å². The first-order chi connectivity index (χ1) is 15.8. The zero-order valence-electron chi connectivity index (χ0n) is 19.1. The number of rotatable bonds is 8. The molecule has 0 N–H and O–H groups in total. The summed E-state index contributed by atoms with van der Waals surface area (Å²) in [4.78, 5) is 19.6. The molecule has 0 aliphatic heterocycles. The quantitative estimate of drug-likeness (QED) is 0.374. The SMILES string of the molecule is Cc1nc(C)c2nc(-c3cncc(F)c3)n(Cc3ccc(OCCCN(C)C)cc3F)c2n1. The zero-order chi connectivity index (χ0) is 23.5. The molecule has 0 aliphatic carbocycles. The van der Waals surface area contributed by atoms with E-state index >= 15 is 4.39 Å². The molecular formula is C24H26F2N6O. The lowest BCUT2D eigenvalue weighted by Crippen LogP contribution is -2.15. The molecule has 0 radical (unpaired) electrons. The van der Waals surface area contributed by atoms with Crippen molar-refractivity contribution in [2.24, 2.45) is 0 Å². The highest BCUT2D eigenvalue weighted by Crippen LogP contribution is 2.27. The van der Waals surface area contributed by atoms with Crippen LogP contribution in [0.3, 0.4) is 0 Å². The van der Waals surface area contributed by atoms with Gasteiger partial charge in [0.1, 0.15) is 34.5 Å². The van der Waals surface area contributed by atoms with Crippen molar-refractivity contribution in [2.75, 3.05) is 27.2 Å². The van der Waals surface area contributed by atoms with Crippen molar-refractivity contribution in [3.05, 3.63) is 65.4 Å². The molecule has 0 saturated carbocycles. The number of hydrogen-bond acceptors (Lipinski definition) is 6. The topological polar surface area (TPSA) is 69.0 Å². The van der Waals surface area contributed by atoms with E-state index in [2.05, 4.69) is 24.8 Å². The largest absolute Gasteiger partial charge is 0.493 e. The number of aromatic nitrogens is 5. The lowest BCUT2D eigenvalue weighted by atomic mass is 10.2. The van der Waals surface area contributed by atoms with Crippen LogP contribution in [0.25, 0.3) is 22.6 Å². The number of hydrogen-bond donors (Lipinski definition) is 0. The predicted molar refractivity (Wildman–Crippen MR) is 122 cm³/mol. The second-order valence-electron chi connectivity index (χ2n) is 8.20. The summed E-state index contributed by atoms with van der Waals surface area (Å²) in [5, 5.41) is 0. The number of ether oxygens (including phenoxy) is 1. The molecule has 0 amide bonds. The molecule has 1 aromatic carbocycles.